The highest BCUT2D eigenvalue weighted by molar-refractivity contribution is 5.85. The van der Waals surface area contributed by atoms with E-state index >= 15 is 0 Å². The lowest BCUT2D eigenvalue weighted by molar-refractivity contribution is -0.131. The minimum absolute atomic E-state index is 0. The van der Waals surface area contributed by atoms with Gasteiger partial charge < -0.3 is 15.4 Å². The van der Waals surface area contributed by atoms with Gasteiger partial charge in [-0.1, -0.05) is 30.3 Å². The molecule has 1 rings (SSSR count). The first-order valence-corrected chi connectivity index (χ1v) is 5.79. The fourth-order valence-corrected chi connectivity index (χ4v) is 1.59. The molecule has 0 fully saturated rings. The van der Waals surface area contributed by atoms with Gasteiger partial charge in [0.05, 0.1) is 0 Å². The molecule has 0 bridgehead atoms. The number of ether oxygens (including phenoxy) is 1. The molecular weight excluding hydrogens is 252 g/mol. The molecule has 0 aliphatic heterocycles. The van der Waals surface area contributed by atoms with Gasteiger partial charge in [-0.15, -0.1) is 12.4 Å². The van der Waals surface area contributed by atoms with Crippen LogP contribution in [0.2, 0.25) is 0 Å². The van der Waals surface area contributed by atoms with Crippen LogP contribution in [0.4, 0.5) is 0 Å². The van der Waals surface area contributed by atoms with Crippen molar-refractivity contribution in [2.45, 2.75) is 12.5 Å². The highest BCUT2D eigenvalue weighted by Gasteiger charge is 2.18. The summed E-state index contributed by atoms with van der Waals surface area (Å²) < 4.78 is 5.23. The molecule has 102 valence electrons. The Bertz CT molecular complexity index is 333. The zero-order valence-corrected chi connectivity index (χ0v) is 11.6. The Labute approximate surface area is 115 Å². The normalized spacial score (nSPS) is 11.4. The molecule has 0 heterocycles. The lowest BCUT2D eigenvalue weighted by atomic mass is 10.1. The zero-order valence-electron chi connectivity index (χ0n) is 10.8. The molecule has 1 unspecified atom stereocenters. The van der Waals surface area contributed by atoms with Gasteiger partial charge in [0.2, 0.25) is 0 Å². The number of halogens is 1. The van der Waals surface area contributed by atoms with E-state index in [4.69, 9.17) is 4.74 Å². The monoisotopic (exact) mass is 272 g/mol. The average Bonchev–Trinajstić information content (AvgIpc) is 2.37. The van der Waals surface area contributed by atoms with Crippen LogP contribution >= 0.6 is 12.4 Å². The maximum atomic E-state index is 11.9. The van der Waals surface area contributed by atoms with Crippen molar-refractivity contribution in [3.63, 3.8) is 0 Å². The molecule has 0 saturated carbocycles. The third-order valence-electron chi connectivity index (χ3n) is 2.48. The minimum Gasteiger partial charge on any atom is -0.367 e. The van der Waals surface area contributed by atoms with E-state index in [0.717, 1.165) is 18.5 Å². The van der Waals surface area contributed by atoms with E-state index in [1.54, 1.807) is 7.11 Å². The molecule has 5 heteroatoms. The summed E-state index contributed by atoms with van der Waals surface area (Å²) in [4.78, 5) is 11.9. The van der Waals surface area contributed by atoms with Crippen molar-refractivity contribution in [2.24, 2.45) is 0 Å². The Kier molecular flexibility index (Phi) is 9.28. The number of carbonyl (C=O) groups is 1. The molecule has 2 N–H and O–H groups in total. The topological polar surface area (TPSA) is 50.4 Å². The van der Waals surface area contributed by atoms with E-state index in [-0.39, 0.29) is 18.3 Å². The van der Waals surface area contributed by atoms with E-state index in [1.165, 1.54) is 0 Å². The van der Waals surface area contributed by atoms with Crippen molar-refractivity contribution in [2.75, 3.05) is 27.2 Å². The van der Waals surface area contributed by atoms with Crippen molar-refractivity contribution < 1.29 is 9.53 Å². The molecule has 0 radical (unpaired) electrons. The molecule has 0 aromatic heterocycles. The van der Waals surface area contributed by atoms with Crippen LogP contribution in [0.25, 0.3) is 0 Å². The summed E-state index contributed by atoms with van der Waals surface area (Å²) in [6.07, 6.45) is 0.388. The summed E-state index contributed by atoms with van der Waals surface area (Å²) >= 11 is 0. The van der Waals surface area contributed by atoms with Crippen LogP contribution in [-0.2, 0) is 9.53 Å². The molecule has 4 nitrogen and oxygen atoms in total. The predicted molar refractivity (Wildman–Crippen MR) is 75.0 cm³/mol. The Morgan fingerprint density at radius 1 is 1.28 bits per heavy atom. The van der Waals surface area contributed by atoms with Crippen molar-refractivity contribution in [3.05, 3.63) is 35.9 Å². The summed E-state index contributed by atoms with van der Waals surface area (Å²) in [5, 5.41) is 5.90. The minimum atomic E-state index is -0.522. The van der Waals surface area contributed by atoms with Gasteiger partial charge in [0.25, 0.3) is 5.91 Å². The summed E-state index contributed by atoms with van der Waals surface area (Å²) in [6, 6.07) is 9.50. The average molecular weight is 273 g/mol. The Balaban J connectivity index is 0.00000289. The van der Waals surface area contributed by atoms with Crippen molar-refractivity contribution in [1.29, 1.82) is 0 Å². The first-order chi connectivity index (χ1) is 8.29. The molecule has 0 spiro atoms. The second-order valence-electron chi connectivity index (χ2n) is 3.77. The van der Waals surface area contributed by atoms with Gasteiger partial charge in [0, 0.05) is 13.7 Å². The highest BCUT2D eigenvalue weighted by Crippen LogP contribution is 2.15. The maximum absolute atomic E-state index is 11.9. The Morgan fingerprint density at radius 2 is 1.94 bits per heavy atom. The number of methoxy groups -OCH3 is 1. The van der Waals surface area contributed by atoms with Crippen LogP contribution in [0.5, 0.6) is 0 Å². The third kappa shape index (κ3) is 5.49. The molecule has 0 saturated heterocycles. The number of carbonyl (C=O) groups excluding carboxylic acids is 1. The molecule has 1 atom stereocenters. The summed E-state index contributed by atoms with van der Waals surface area (Å²) in [6.45, 7) is 1.55. The number of hydrogen-bond donors (Lipinski definition) is 2. The first-order valence-electron chi connectivity index (χ1n) is 5.79. The summed E-state index contributed by atoms with van der Waals surface area (Å²) in [7, 11) is 3.44. The van der Waals surface area contributed by atoms with E-state index in [2.05, 4.69) is 10.6 Å². The van der Waals surface area contributed by atoms with Gasteiger partial charge in [-0.25, -0.2) is 0 Å². The second-order valence-corrected chi connectivity index (χ2v) is 3.77. The Morgan fingerprint density at radius 3 is 2.50 bits per heavy atom. The number of amides is 1. The molecule has 1 aromatic carbocycles. The summed E-state index contributed by atoms with van der Waals surface area (Å²) in [5.41, 5.74) is 0.876. The first kappa shape index (κ1) is 16.9. The Hall–Kier alpha value is -1.10. The predicted octanol–water partition coefficient (Wildman–Crippen LogP) is 1.52. The van der Waals surface area contributed by atoms with Gasteiger partial charge in [-0.3, -0.25) is 4.79 Å². The van der Waals surface area contributed by atoms with Crippen LogP contribution in [0, 0.1) is 0 Å². The van der Waals surface area contributed by atoms with Gasteiger partial charge in [0.15, 0.2) is 6.10 Å². The second kappa shape index (κ2) is 9.88. The molecular formula is C13H21ClN2O2. The molecule has 1 amide bonds. The van der Waals surface area contributed by atoms with Crippen molar-refractivity contribution in [1.82, 2.24) is 10.6 Å². The number of rotatable bonds is 7. The standard InChI is InChI=1S/C13H20N2O2.ClH/c1-14-9-6-10-15-13(16)12(17-2)11-7-4-3-5-8-11;/h3-5,7-8,12,14H,6,9-10H2,1-2H3,(H,15,16);1H. The highest BCUT2D eigenvalue weighted by atomic mass is 35.5. The maximum Gasteiger partial charge on any atom is 0.253 e. The van der Waals surface area contributed by atoms with Crippen molar-refractivity contribution in [3.8, 4) is 0 Å². The molecule has 18 heavy (non-hydrogen) atoms. The lowest BCUT2D eigenvalue weighted by Gasteiger charge is -2.15. The third-order valence-corrected chi connectivity index (χ3v) is 2.48. The molecule has 1 aromatic rings. The van der Waals surface area contributed by atoms with Gasteiger partial charge in [0.1, 0.15) is 0 Å². The molecule has 0 aliphatic rings. The van der Waals surface area contributed by atoms with Crippen LogP contribution in [-0.4, -0.2) is 33.2 Å². The van der Waals surface area contributed by atoms with Gasteiger partial charge in [-0.2, -0.15) is 0 Å². The quantitative estimate of drug-likeness (QED) is 0.740. The zero-order chi connectivity index (χ0) is 12.5. The van der Waals surface area contributed by atoms with Crippen LogP contribution in [0.3, 0.4) is 0 Å². The lowest BCUT2D eigenvalue weighted by Crippen LogP contribution is -2.32. The van der Waals surface area contributed by atoms with Crippen LogP contribution in [0.1, 0.15) is 18.1 Å². The number of benzene rings is 1. The number of hydrogen-bond acceptors (Lipinski definition) is 3. The fourth-order valence-electron chi connectivity index (χ4n) is 1.59. The summed E-state index contributed by atoms with van der Waals surface area (Å²) in [5.74, 6) is -0.0881. The van der Waals surface area contributed by atoms with E-state index in [9.17, 15) is 4.79 Å². The van der Waals surface area contributed by atoms with Crippen LogP contribution in [0.15, 0.2) is 30.3 Å². The van der Waals surface area contributed by atoms with Crippen LogP contribution < -0.4 is 10.6 Å². The SMILES string of the molecule is CNCCCNC(=O)C(OC)c1ccccc1.Cl. The number of nitrogens with one attached hydrogen (secondary N) is 2. The van der Waals surface area contributed by atoms with Gasteiger partial charge in [-0.05, 0) is 25.6 Å². The van der Waals surface area contributed by atoms with E-state index < -0.39 is 6.10 Å². The van der Waals surface area contributed by atoms with Gasteiger partial charge >= 0.3 is 0 Å². The van der Waals surface area contributed by atoms with Crippen molar-refractivity contribution >= 4 is 18.3 Å². The largest absolute Gasteiger partial charge is 0.367 e. The molecule has 0 aliphatic carbocycles. The smallest absolute Gasteiger partial charge is 0.253 e. The fraction of sp³-hybridized carbons (Fsp3) is 0.462. The van der Waals surface area contributed by atoms with E-state index in [0.29, 0.717) is 6.54 Å². The van der Waals surface area contributed by atoms with E-state index in [1.807, 2.05) is 37.4 Å².